The van der Waals surface area contributed by atoms with Crippen molar-refractivity contribution in [1.29, 1.82) is 0 Å². The highest BCUT2D eigenvalue weighted by Gasteiger charge is 2.61. The molecular formula is C20H32O4. The van der Waals surface area contributed by atoms with Gasteiger partial charge < -0.3 is 9.84 Å². The van der Waals surface area contributed by atoms with Crippen LogP contribution in [0.4, 0.5) is 0 Å². The SMILES string of the molecule is C/C=C(\C)C(=O)O[C@@]1(C)CC[C@]2(O)[C@@H](C(C)C)CC[C@]2(C)CC1=O. The first-order valence-electron chi connectivity index (χ1n) is 9.11. The number of rotatable bonds is 3. The average Bonchev–Trinajstić information content (AvgIpc) is 2.72. The number of carbonyl (C=O) groups is 2. The van der Waals surface area contributed by atoms with E-state index in [9.17, 15) is 14.7 Å². The van der Waals surface area contributed by atoms with Crippen molar-refractivity contribution in [3.05, 3.63) is 11.6 Å². The molecule has 1 N–H and O–H groups in total. The zero-order valence-corrected chi connectivity index (χ0v) is 15.9. The Balaban J connectivity index is 2.31. The predicted octanol–water partition coefficient (Wildman–Crippen LogP) is 3.81. The summed E-state index contributed by atoms with van der Waals surface area (Å²) in [6.07, 6.45) is 4.62. The number of hydrogen-bond donors (Lipinski definition) is 1. The number of ether oxygens (including phenoxy) is 1. The lowest BCUT2D eigenvalue weighted by Gasteiger charge is -2.43. The van der Waals surface area contributed by atoms with Gasteiger partial charge in [0.25, 0.3) is 0 Å². The standard InChI is InChI=1S/C20H32O4/c1-7-14(4)17(22)24-19(6)10-11-20(23)15(13(2)3)8-9-18(20,5)12-16(19)21/h7,13,15,23H,8-12H2,1-6H3/b14-7+/t15-,18-,19+,20+/m1/s1. The highest BCUT2D eigenvalue weighted by atomic mass is 16.6. The van der Waals surface area contributed by atoms with Crippen molar-refractivity contribution in [1.82, 2.24) is 0 Å². The van der Waals surface area contributed by atoms with Crippen molar-refractivity contribution in [2.24, 2.45) is 17.3 Å². The molecule has 2 saturated carbocycles. The third kappa shape index (κ3) is 2.94. The molecule has 0 aromatic rings. The number of carbonyl (C=O) groups excluding carboxylic acids is 2. The zero-order chi connectivity index (χ0) is 18.3. The summed E-state index contributed by atoms with van der Waals surface area (Å²) in [7, 11) is 0. The number of aliphatic hydroxyl groups is 1. The third-order valence-corrected chi connectivity index (χ3v) is 6.67. The van der Waals surface area contributed by atoms with Gasteiger partial charge in [0.1, 0.15) is 0 Å². The number of allylic oxidation sites excluding steroid dienone is 1. The first-order chi connectivity index (χ1) is 11.0. The molecule has 0 aromatic heterocycles. The normalized spacial score (nSPS) is 40.4. The molecule has 4 heteroatoms. The molecule has 2 aliphatic carbocycles. The minimum atomic E-state index is -1.15. The van der Waals surface area contributed by atoms with E-state index in [0.717, 1.165) is 12.8 Å². The molecule has 4 nitrogen and oxygen atoms in total. The summed E-state index contributed by atoms with van der Waals surface area (Å²) in [5, 5.41) is 11.5. The monoisotopic (exact) mass is 336 g/mol. The van der Waals surface area contributed by atoms with E-state index >= 15 is 0 Å². The van der Waals surface area contributed by atoms with Crippen LogP contribution in [0.5, 0.6) is 0 Å². The molecular weight excluding hydrogens is 304 g/mol. The van der Waals surface area contributed by atoms with E-state index in [4.69, 9.17) is 4.74 Å². The first kappa shape index (κ1) is 19.2. The largest absolute Gasteiger partial charge is 0.448 e. The Morgan fingerprint density at radius 1 is 1.29 bits per heavy atom. The Hall–Kier alpha value is -1.16. The van der Waals surface area contributed by atoms with Gasteiger partial charge in [-0.3, -0.25) is 4.79 Å². The van der Waals surface area contributed by atoms with Crippen LogP contribution in [0.2, 0.25) is 0 Å². The van der Waals surface area contributed by atoms with E-state index in [2.05, 4.69) is 13.8 Å². The lowest BCUT2D eigenvalue weighted by atomic mass is 9.67. The molecule has 0 aromatic carbocycles. The lowest BCUT2D eigenvalue weighted by Crippen LogP contribution is -2.47. The summed E-state index contributed by atoms with van der Waals surface area (Å²) >= 11 is 0. The van der Waals surface area contributed by atoms with E-state index in [1.165, 1.54) is 0 Å². The van der Waals surface area contributed by atoms with Gasteiger partial charge in [0.2, 0.25) is 0 Å². The molecule has 0 amide bonds. The smallest absolute Gasteiger partial charge is 0.334 e. The van der Waals surface area contributed by atoms with Crippen molar-refractivity contribution in [2.75, 3.05) is 0 Å². The molecule has 24 heavy (non-hydrogen) atoms. The summed E-state index contributed by atoms with van der Waals surface area (Å²) < 4.78 is 5.61. The molecule has 2 fully saturated rings. The van der Waals surface area contributed by atoms with Gasteiger partial charge in [-0.1, -0.05) is 26.8 Å². The maximum absolute atomic E-state index is 12.9. The van der Waals surface area contributed by atoms with Crippen LogP contribution in [0.3, 0.4) is 0 Å². The number of ketones is 1. The predicted molar refractivity (Wildman–Crippen MR) is 93.4 cm³/mol. The van der Waals surface area contributed by atoms with Gasteiger partial charge in [0.15, 0.2) is 11.4 Å². The summed E-state index contributed by atoms with van der Waals surface area (Å²) in [4.78, 5) is 25.1. The van der Waals surface area contributed by atoms with Gasteiger partial charge >= 0.3 is 5.97 Å². The molecule has 2 aliphatic rings. The molecule has 136 valence electrons. The van der Waals surface area contributed by atoms with E-state index < -0.39 is 22.6 Å². The van der Waals surface area contributed by atoms with Crippen LogP contribution >= 0.6 is 0 Å². The lowest BCUT2D eigenvalue weighted by molar-refractivity contribution is -0.163. The van der Waals surface area contributed by atoms with E-state index in [1.807, 2.05) is 6.92 Å². The Morgan fingerprint density at radius 2 is 1.92 bits per heavy atom. The molecule has 0 aliphatic heterocycles. The minimum Gasteiger partial charge on any atom is -0.448 e. The Labute approximate surface area is 145 Å². The topological polar surface area (TPSA) is 63.6 Å². The fraction of sp³-hybridized carbons (Fsp3) is 0.800. The second kappa shape index (κ2) is 6.29. The fourth-order valence-corrected chi connectivity index (χ4v) is 4.61. The summed E-state index contributed by atoms with van der Waals surface area (Å²) in [6.45, 7) is 11.5. The van der Waals surface area contributed by atoms with Crippen LogP contribution in [-0.2, 0) is 14.3 Å². The van der Waals surface area contributed by atoms with Crippen LogP contribution in [0.25, 0.3) is 0 Å². The second-order valence-electron chi connectivity index (χ2n) is 8.57. The first-order valence-corrected chi connectivity index (χ1v) is 9.11. The molecule has 2 rings (SSSR count). The minimum absolute atomic E-state index is 0.0671. The van der Waals surface area contributed by atoms with Crippen LogP contribution in [-0.4, -0.2) is 28.1 Å². The van der Waals surface area contributed by atoms with Gasteiger partial charge in [0, 0.05) is 17.4 Å². The average molecular weight is 336 g/mol. The Kier molecular flexibility index (Phi) is 5.02. The number of Topliss-reactive ketones (excluding diaryl/α,β-unsaturated/α-hetero) is 1. The number of esters is 1. The van der Waals surface area contributed by atoms with Gasteiger partial charge in [-0.15, -0.1) is 0 Å². The van der Waals surface area contributed by atoms with E-state index in [0.29, 0.717) is 24.3 Å². The van der Waals surface area contributed by atoms with Crippen molar-refractivity contribution in [3.8, 4) is 0 Å². The van der Waals surface area contributed by atoms with Crippen LogP contribution < -0.4 is 0 Å². The maximum atomic E-state index is 12.9. The zero-order valence-electron chi connectivity index (χ0n) is 15.9. The highest BCUT2D eigenvalue weighted by molar-refractivity contribution is 5.94. The Morgan fingerprint density at radius 3 is 2.46 bits per heavy atom. The molecule has 0 spiro atoms. The van der Waals surface area contributed by atoms with Crippen LogP contribution in [0, 0.1) is 17.3 Å². The van der Waals surface area contributed by atoms with Crippen molar-refractivity contribution in [3.63, 3.8) is 0 Å². The molecule has 0 unspecified atom stereocenters. The quantitative estimate of drug-likeness (QED) is 0.629. The van der Waals surface area contributed by atoms with E-state index in [1.54, 1.807) is 26.8 Å². The molecule has 4 atom stereocenters. The number of fused-ring (bicyclic) bond motifs is 1. The summed E-state index contributed by atoms with van der Waals surface area (Å²) in [6, 6.07) is 0. The van der Waals surface area contributed by atoms with Crippen LogP contribution in [0.15, 0.2) is 11.6 Å². The molecule has 0 bridgehead atoms. The number of hydrogen-bond acceptors (Lipinski definition) is 4. The fourth-order valence-electron chi connectivity index (χ4n) is 4.61. The van der Waals surface area contributed by atoms with Crippen LogP contribution in [0.1, 0.15) is 73.6 Å². The third-order valence-electron chi connectivity index (χ3n) is 6.67. The van der Waals surface area contributed by atoms with Crippen molar-refractivity contribution in [2.45, 2.75) is 84.8 Å². The van der Waals surface area contributed by atoms with Crippen molar-refractivity contribution >= 4 is 11.8 Å². The van der Waals surface area contributed by atoms with Gasteiger partial charge in [-0.25, -0.2) is 4.79 Å². The maximum Gasteiger partial charge on any atom is 0.334 e. The Bertz CT molecular complexity index is 564. The second-order valence-corrected chi connectivity index (χ2v) is 8.57. The van der Waals surface area contributed by atoms with Gasteiger partial charge in [-0.2, -0.15) is 0 Å². The molecule has 0 radical (unpaired) electrons. The van der Waals surface area contributed by atoms with Crippen molar-refractivity contribution < 1.29 is 19.4 Å². The van der Waals surface area contributed by atoms with Gasteiger partial charge in [0.05, 0.1) is 5.60 Å². The molecule has 0 heterocycles. The molecule has 0 saturated heterocycles. The van der Waals surface area contributed by atoms with E-state index in [-0.39, 0.29) is 18.1 Å². The van der Waals surface area contributed by atoms with Gasteiger partial charge in [-0.05, 0) is 58.3 Å². The summed E-state index contributed by atoms with van der Waals surface area (Å²) in [5.74, 6) is 0.0373. The highest BCUT2D eigenvalue weighted by Crippen LogP contribution is 2.59. The summed E-state index contributed by atoms with van der Waals surface area (Å²) in [5.41, 5.74) is -1.94.